The van der Waals surface area contributed by atoms with Crippen LogP contribution >= 0.6 is 36.4 Å². The molecule has 0 spiro atoms. The van der Waals surface area contributed by atoms with Gasteiger partial charge >= 0.3 is 0 Å². The molecule has 1 aromatic rings. The van der Waals surface area contributed by atoms with Crippen LogP contribution in [0.25, 0.3) is 0 Å². The van der Waals surface area contributed by atoms with Crippen molar-refractivity contribution < 1.29 is 0 Å². The molecule has 4 N–H and O–H groups in total. The van der Waals surface area contributed by atoms with Gasteiger partial charge in [-0.25, -0.2) is 0 Å². The second kappa shape index (κ2) is 14.6. The van der Waals surface area contributed by atoms with Gasteiger partial charge in [-0.3, -0.25) is 4.99 Å². The maximum Gasteiger partial charge on any atom is 0.0435 e. The van der Waals surface area contributed by atoms with Crippen molar-refractivity contribution in [3.63, 3.8) is 0 Å². The van der Waals surface area contributed by atoms with Crippen molar-refractivity contribution in [3.05, 3.63) is 34.9 Å². The van der Waals surface area contributed by atoms with E-state index in [1.165, 1.54) is 18.4 Å². The molecule has 0 saturated carbocycles. The third-order valence-electron chi connectivity index (χ3n) is 2.92. The smallest absolute Gasteiger partial charge is 0.0435 e. The zero-order chi connectivity index (χ0) is 13.9. The van der Waals surface area contributed by atoms with Crippen LogP contribution in [-0.2, 0) is 6.42 Å². The Morgan fingerprint density at radius 3 is 2.29 bits per heavy atom. The molecule has 0 bridgehead atoms. The molecule has 0 aliphatic carbocycles. The summed E-state index contributed by atoms with van der Waals surface area (Å²) in [6.45, 7) is 1.65. The van der Waals surface area contributed by atoms with Crippen molar-refractivity contribution in [2.75, 3.05) is 13.1 Å². The number of halogens is 3. The number of aliphatic imine (C=N–C) groups is 1. The summed E-state index contributed by atoms with van der Waals surface area (Å²) in [6, 6.07) is 7.76. The van der Waals surface area contributed by atoms with Crippen molar-refractivity contribution >= 4 is 42.6 Å². The van der Waals surface area contributed by atoms with Gasteiger partial charge in [0.15, 0.2) is 0 Å². The Bertz CT molecular complexity index is 369. The molecule has 1 aromatic carbocycles. The van der Waals surface area contributed by atoms with Gasteiger partial charge in [-0.2, -0.15) is 0 Å². The number of nitrogens with two attached hydrogens (primary N) is 2. The van der Waals surface area contributed by atoms with Crippen molar-refractivity contribution in [1.29, 1.82) is 0 Å². The van der Waals surface area contributed by atoms with Crippen molar-refractivity contribution in [2.45, 2.75) is 38.1 Å². The van der Waals surface area contributed by atoms with E-state index in [1.807, 2.05) is 30.5 Å². The number of benzene rings is 1. The Morgan fingerprint density at radius 2 is 1.67 bits per heavy atom. The number of rotatable bonds is 9. The summed E-state index contributed by atoms with van der Waals surface area (Å²) in [5.74, 6) is 0. The second-order valence-corrected chi connectivity index (χ2v) is 5.19. The molecule has 1 unspecified atom stereocenters. The molecule has 0 aromatic heterocycles. The highest BCUT2D eigenvalue weighted by Gasteiger charge is 2.00. The minimum absolute atomic E-state index is 0. The van der Waals surface area contributed by atoms with Crippen LogP contribution in [-0.4, -0.2) is 25.3 Å². The van der Waals surface area contributed by atoms with E-state index in [0.717, 1.165) is 37.4 Å². The zero-order valence-electron chi connectivity index (χ0n) is 12.2. The monoisotopic (exact) mass is 353 g/mol. The van der Waals surface area contributed by atoms with Crippen molar-refractivity contribution in [2.24, 2.45) is 16.5 Å². The second-order valence-electron chi connectivity index (χ2n) is 4.75. The first kappa shape index (κ1) is 23.0. The molecule has 0 aliphatic heterocycles. The van der Waals surface area contributed by atoms with Crippen molar-refractivity contribution in [1.82, 2.24) is 0 Å². The maximum absolute atomic E-state index is 6.01. The summed E-state index contributed by atoms with van der Waals surface area (Å²) >= 11 is 5.84. The Hall–Kier alpha value is -0.320. The molecule has 1 rings (SSSR count). The van der Waals surface area contributed by atoms with Gasteiger partial charge in [0.05, 0.1) is 0 Å². The first-order valence-corrected chi connectivity index (χ1v) is 7.30. The molecule has 0 radical (unpaired) electrons. The van der Waals surface area contributed by atoms with Gasteiger partial charge in [-0.1, -0.05) is 36.6 Å². The lowest BCUT2D eigenvalue weighted by atomic mass is 10.1. The fourth-order valence-corrected chi connectivity index (χ4v) is 1.98. The van der Waals surface area contributed by atoms with Gasteiger partial charge in [0, 0.05) is 23.8 Å². The highest BCUT2D eigenvalue weighted by Crippen LogP contribution is 2.10. The van der Waals surface area contributed by atoms with E-state index < -0.39 is 0 Å². The first-order chi connectivity index (χ1) is 9.22. The summed E-state index contributed by atoms with van der Waals surface area (Å²) in [7, 11) is 0. The van der Waals surface area contributed by atoms with Crippen LogP contribution in [0.5, 0.6) is 0 Å². The summed E-state index contributed by atoms with van der Waals surface area (Å²) in [5, 5.41) is 0.753. The van der Waals surface area contributed by atoms with Crippen LogP contribution < -0.4 is 11.5 Å². The largest absolute Gasteiger partial charge is 0.330 e. The average molecular weight is 355 g/mol. The van der Waals surface area contributed by atoms with Crippen LogP contribution in [0.3, 0.4) is 0 Å². The van der Waals surface area contributed by atoms with E-state index in [-0.39, 0.29) is 30.9 Å². The van der Waals surface area contributed by atoms with Crippen LogP contribution in [0, 0.1) is 0 Å². The van der Waals surface area contributed by atoms with E-state index in [0.29, 0.717) is 0 Å². The number of hydrogen-bond acceptors (Lipinski definition) is 3. The van der Waals surface area contributed by atoms with Gasteiger partial charge in [-0.15, -0.1) is 24.8 Å². The third kappa shape index (κ3) is 12.0. The van der Waals surface area contributed by atoms with E-state index >= 15 is 0 Å². The number of nitrogens with zero attached hydrogens (tertiary/aromatic N) is 1. The third-order valence-corrected chi connectivity index (χ3v) is 3.17. The Labute approximate surface area is 145 Å². The summed E-state index contributed by atoms with van der Waals surface area (Å²) in [4.78, 5) is 4.38. The average Bonchev–Trinajstić information content (AvgIpc) is 2.40. The van der Waals surface area contributed by atoms with Gasteiger partial charge in [0.2, 0.25) is 0 Å². The lowest BCUT2D eigenvalue weighted by Gasteiger charge is -2.06. The SMILES string of the molecule is Cl.Cl.NCCCCCCN=CC(N)Cc1ccc(Cl)cc1. The predicted molar refractivity (Wildman–Crippen MR) is 98.5 cm³/mol. The topological polar surface area (TPSA) is 64.4 Å². The maximum atomic E-state index is 6.01. The molecule has 0 amide bonds. The zero-order valence-corrected chi connectivity index (χ0v) is 14.6. The lowest BCUT2D eigenvalue weighted by Crippen LogP contribution is -2.24. The van der Waals surface area contributed by atoms with Crippen LogP contribution in [0.15, 0.2) is 29.3 Å². The summed E-state index contributed by atoms with van der Waals surface area (Å²) < 4.78 is 0. The molecule has 0 heterocycles. The summed E-state index contributed by atoms with van der Waals surface area (Å²) in [5.41, 5.74) is 12.6. The van der Waals surface area contributed by atoms with Crippen LogP contribution in [0.2, 0.25) is 5.02 Å². The summed E-state index contributed by atoms with van der Waals surface area (Å²) in [6.07, 6.45) is 7.28. The van der Waals surface area contributed by atoms with E-state index in [1.54, 1.807) is 0 Å². The molecular weight excluding hydrogens is 329 g/mol. The molecule has 0 saturated heterocycles. The fourth-order valence-electron chi connectivity index (χ4n) is 1.86. The lowest BCUT2D eigenvalue weighted by molar-refractivity contribution is 0.653. The minimum Gasteiger partial charge on any atom is -0.330 e. The Morgan fingerprint density at radius 1 is 1.05 bits per heavy atom. The Balaban J connectivity index is 0. The number of unbranched alkanes of at least 4 members (excludes halogenated alkanes) is 3. The van der Waals surface area contributed by atoms with E-state index in [4.69, 9.17) is 23.1 Å². The van der Waals surface area contributed by atoms with Gasteiger partial charge in [0.1, 0.15) is 0 Å². The highest BCUT2D eigenvalue weighted by molar-refractivity contribution is 6.30. The minimum atomic E-state index is -0.0229. The highest BCUT2D eigenvalue weighted by atomic mass is 35.5. The van der Waals surface area contributed by atoms with E-state index in [2.05, 4.69) is 4.99 Å². The standard InChI is InChI=1S/C15H24ClN3.2ClH/c16-14-7-5-13(6-8-14)11-15(18)12-19-10-4-2-1-3-9-17;;/h5-8,12,15H,1-4,9-11,17-18H2;2*1H. The fraction of sp³-hybridized carbons (Fsp3) is 0.533. The Kier molecular flexibility index (Phi) is 16.0. The van der Waals surface area contributed by atoms with Crippen LogP contribution in [0.4, 0.5) is 0 Å². The molecule has 21 heavy (non-hydrogen) atoms. The predicted octanol–water partition coefficient (Wildman–Crippen LogP) is 3.64. The molecule has 0 fully saturated rings. The quantitative estimate of drug-likeness (QED) is 0.525. The molecule has 1 atom stereocenters. The molecule has 0 aliphatic rings. The normalized spacial score (nSPS) is 11.8. The molecular formula is C15H26Cl3N3. The molecule has 6 heteroatoms. The van der Waals surface area contributed by atoms with Gasteiger partial charge in [-0.05, 0) is 43.5 Å². The molecule has 3 nitrogen and oxygen atoms in total. The van der Waals surface area contributed by atoms with E-state index in [9.17, 15) is 0 Å². The molecule has 122 valence electrons. The first-order valence-electron chi connectivity index (χ1n) is 6.92. The van der Waals surface area contributed by atoms with Gasteiger partial charge < -0.3 is 11.5 Å². The van der Waals surface area contributed by atoms with Crippen molar-refractivity contribution in [3.8, 4) is 0 Å². The van der Waals surface area contributed by atoms with Gasteiger partial charge in [0.25, 0.3) is 0 Å². The van der Waals surface area contributed by atoms with Crippen LogP contribution in [0.1, 0.15) is 31.2 Å². The number of hydrogen-bond donors (Lipinski definition) is 2.